The first-order valence-corrected chi connectivity index (χ1v) is 7.53. The van der Waals surface area contributed by atoms with E-state index in [0.717, 1.165) is 10.4 Å². The van der Waals surface area contributed by atoms with Crippen molar-refractivity contribution in [2.24, 2.45) is 0 Å². The van der Waals surface area contributed by atoms with Gasteiger partial charge in [-0.05, 0) is 52.0 Å². The van der Waals surface area contributed by atoms with Crippen LogP contribution in [-0.2, 0) is 11.3 Å². The molecule has 100 valence electrons. The third-order valence-corrected chi connectivity index (χ3v) is 4.53. The lowest BCUT2D eigenvalue weighted by molar-refractivity contribution is -0.122. The fourth-order valence-corrected chi connectivity index (χ4v) is 2.88. The number of aromatic hydroxyl groups is 1. The molecule has 0 bridgehead atoms. The Kier molecular flexibility index (Phi) is 4.61. The summed E-state index contributed by atoms with van der Waals surface area (Å²) in [5.74, 6) is 0.0641. The van der Waals surface area contributed by atoms with Crippen LogP contribution < -0.4 is 5.32 Å². The van der Waals surface area contributed by atoms with Gasteiger partial charge < -0.3 is 10.4 Å². The molecule has 2 N–H and O–H groups in total. The van der Waals surface area contributed by atoms with E-state index in [2.05, 4.69) is 21.2 Å². The van der Waals surface area contributed by atoms with Crippen LogP contribution >= 0.6 is 27.3 Å². The molecule has 0 unspecified atom stereocenters. The van der Waals surface area contributed by atoms with E-state index in [4.69, 9.17) is 0 Å². The Hall–Kier alpha value is -1.33. The zero-order valence-electron chi connectivity index (χ0n) is 10.4. The Morgan fingerprint density at radius 1 is 1.47 bits per heavy atom. The number of nitrogens with one attached hydrogen (secondary N) is 1. The molecule has 5 heteroatoms. The van der Waals surface area contributed by atoms with E-state index in [-0.39, 0.29) is 17.6 Å². The molecule has 0 saturated carbocycles. The van der Waals surface area contributed by atoms with Crippen LogP contribution in [0.15, 0.2) is 40.2 Å². The highest BCUT2D eigenvalue weighted by molar-refractivity contribution is 9.10. The van der Waals surface area contributed by atoms with E-state index in [9.17, 15) is 9.90 Å². The molecule has 3 nitrogen and oxygen atoms in total. The van der Waals surface area contributed by atoms with Gasteiger partial charge in [0.15, 0.2) is 0 Å². The number of benzene rings is 1. The summed E-state index contributed by atoms with van der Waals surface area (Å²) in [6.07, 6.45) is 0. The number of thiophene rings is 1. The number of carbonyl (C=O) groups excluding carboxylic acids is 1. The predicted octanol–water partition coefficient (Wildman–Crippen LogP) is 3.64. The molecule has 0 aliphatic heterocycles. The van der Waals surface area contributed by atoms with Crippen molar-refractivity contribution >= 4 is 33.2 Å². The van der Waals surface area contributed by atoms with E-state index in [1.54, 1.807) is 29.5 Å². The second kappa shape index (κ2) is 6.21. The molecule has 0 aliphatic carbocycles. The molecule has 0 aliphatic rings. The molecule has 2 rings (SSSR count). The average Bonchev–Trinajstić information content (AvgIpc) is 2.93. The van der Waals surface area contributed by atoms with E-state index in [0.29, 0.717) is 11.0 Å². The molecule has 0 spiro atoms. The summed E-state index contributed by atoms with van der Waals surface area (Å²) < 4.78 is 0.630. The SMILES string of the molecule is C[C@H](C(=O)NCc1ccc(O)c(Br)c1)c1cccs1. The van der Waals surface area contributed by atoms with Gasteiger partial charge in [0.2, 0.25) is 5.91 Å². The number of carbonyl (C=O) groups is 1. The minimum Gasteiger partial charge on any atom is -0.507 e. The van der Waals surface area contributed by atoms with Gasteiger partial charge in [0.1, 0.15) is 5.75 Å². The Balaban J connectivity index is 1.95. The van der Waals surface area contributed by atoms with Crippen LogP contribution in [0.5, 0.6) is 5.75 Å². The zero-order valence-corrected chi connectivity index (χ0v) is 12.8. The van der Waals surface area contributed by atoms with Crippen molar-refractivity contribution in [3.63, 3.8) is 0 Å². The van der Waals surface area contributed by atoms with Gasteiger partial charge in [0.25, 0.3) is 0 Å². The number of hydrogen-bond acceptors (Lipinski definition) is 3. The largest absolute Gasteiger partial charge is 0.507 e. The quantitative estimate of drug-likeness (QED) is 0.893. The van der Waals surface area contributed by atoms with Gasteiger partial charge >= 0.3 is 0 Å². The van der Waals surface area contributed by atoms with Crippen molar-refractivity contribution in [1.29, 1.82) is 0 Å². The maximum absolute atomic E-state index is 12.0. The molecular formula is C14H14BrNO2S. The van der Waals surface area contributed by atoms with Gasteiger partial charge in [0, 0.05) is 11.4 Å². The van der Waals surface area contributed by atoms with Gasteiger partial charge in [-0.2, -0.15) is 0 Å². The van der Waals surface area contributed by atoms with Crippen LogP contribution in [0.3, 0.4) is 0 Å². The Morgan fingerprint density at radius 2 is 2.26 bits per heavy atom. The Labute approximate surface area is 124 Å². The van der Waals surface area contributed by atoms with Gasteiger partial charge in [0.05, 0.1) is 10.4 Å². The van der Waals surface area contributed by atoms with Crippen molar-refractivity contribution in [2.75, 3.05) is 0 Å². The summed E-state index contributed by atoms with van der Waals surface area (Å²) in [5.41, 5.74) is 0.941. The standard InChI is InChI=1S/C14H14BrNO2S/c1-9(13-3-2-6-19-13)14(18)16-8-10-4-5-12(17)11(15)7-10/h2-7,9,17H,8H2,1H3,(H,16,18)/t9-/m0/s1. The normalized spacial score (nSPS) is 12.1. The fourth-order valence-electron chi connectivity index (χ4n) is 1.67. The number of phenols is 1. The topological polar surface area (TPSA) is 49.3 Å². The summed E-state index contributed by atoms with van der Waals surface area (Å²) in [4.78, 5) is 13.1. The number of hydrogen-bond donors (Lipinski definition) is 2. The number of rotatable bonds is 4. The molecule has 1 amide bonds. The number of halogens is 1. The van der Waals surface area contributed by atoms with E-state index in [1.165, 1.54) is 0 Å². The van der Waals surface area contributed by atoms with Crippen LogP contribution in [-0.4, -0.2) is 11.0 Å². The van der Waals surface area contributed by atoms with Gasteiger partial charge in [-0.3, -0.25) is 4.79 Å². The first-order valence-electron chi connectivity index (χ1n) is 5.86. The second-order valence-electron chi connectivity index (χ2n) is 4.24. The van der Waals surface area contributed by atoms with Crippen LogP contribution in [0.4, 0.5) is 0 Å². The molecule has 0 radical (unpaired) electrons. The molecule has 1 aromatic heterocycles. The first-order chi connectivity index (χ1) is 9.08. The molecule has 0 fully saturated rings. The van der Waals surface area contributed by atoms with E-state index >= 15 is 0 Å². The van der Waals surface area contributed by atoms with E-state index in [1.807, 2.05) is 24.4 Å². The number of phenolic OH excluding ortho intramolecular Hbond substituents is 1. The third kappa shape index (κ3) is 3.58. The summed E-state index contributed by atoms with van der Waals surface area (Å²) in [6.45, 7) is 2.35. The molecular weight excluding hydrogens is 326 g/mol. The zero-order chi connectivity index (χ0) is 13.8. The minimum absolute atomic E-state index is 0.00616. The van der Waals surface area contributed by atoms with E-state index < -0.39 is 0 Å². The predicted molar refractivity (Wildman–Crippen MR) is 80.4 cm³/mol. The van der Waals surface area contributed by atoms with Crippen molar-refractivity contribution in [3.8, 4) is 5.75 Å². The molecule has 1 atom stereocenters. The van der Waals surface area contributed by atoms with Gasteiger partial charge in [-0.15, -0.1) is 11.3 Å². The van der Waals surface area contributed by atoms with Gasteiger partial charge in [-0.25, -0.2) is 0 Å². The summed E-state index contributed by atoms with van der Waals surface area (Å²) >= 11 is 4.84. The molecule has 19 heavy (non-hydrogen) atoms. The molecule has 1 aromatic carbocycles. The van der Waals surface area contributed by atoms with Crippen molar-refractivity contribution in [1.82, 2.24) is 5.32 Å². The maximum atomic E-state index is 12.0. The minimum atomic E-state index is -0.138. The number of amides is 1. The lowest BCUT2D eigenvalue weighted by atomic mass is 10.1. The summed E-state index contributed by atoms with van der Waals surface area (Å²) in [6, 6.07) is 9.10. The highest BCUT2D eigenvalue weighted by Gasteiger charge is 2.15. The molecule has 2 aromatic rings. The highest BCUT2D eigenvalue weighted by Crippen LogP contribution is 2.24. The van der Waals surface area contributed by atoms with Crippen molar-refractivity contribution < 1.29 is 9.90 Å². The van der Waals surface area contributed by atoms with Crippen LogP contribution in [0, 0.1) is 0 Å². The smallest absolute Gasteiger partial charge is 0.228 e. The molecule has 0 saturated heterocycles. The van der Waals surface area contributed by atoms with Crippen LogP contribution in [0.2, 0.25) is 0 Å². The monoisotopic (exact) mass is 339 g/mol. The second-order valence-corrected chi connectivity index (χ2v) is 6.07. The maximum Gasteiger partial charge on any atom is 0.228 e. The van der Waals surface area contributed by atoms with Gasteiger partial charge in [-0.1, -0.05) is 12.1 Å². The average molecular weight is 340 g/mol. The highest BCUT2D eigenvalue weighted by atomic mass is 79.9. The Morgan fingerprint density at radius 3 is 2.89 bits per heavy atom. The fraction of sp³-hybridized carbons (Fsp3) is 0.214. The first kappa shape index (κ1) is 14.1. The van der Waals surface area contributed by atoms with Crippen LogP contribution in [0.1, 0.15) is 23.3 Å². The third-order valence-electron chi connectivity index (χ3n) is 2.84. The van der Waals surface area contributed by atoms with Crippen molar-refractivity contribution in [2.45, 2.75) is 19.4 Å². The summed E-state index contributed by atoms with van der Waals surface area (Å²) in [5, 5.41) is 14.3. The molecule has 1 heterocycles. The Bertz CT molecular complexity index is 569. The summed E-state index contributed by atoms with van der Waals surface area (Å²) in [7, 11) is 0. The lowest BCUT2D eigenvalue weighted by Crippen LogP contribution is -2.27. The van der Waals surface area contributed by atoms with Crippen molar-refractivity contribution in [3.05, 3.63) is 50.6 Å². The lowest BCUT2D eigenvalue weighted by Gasteiger charge is -2.11. The van der Waals surface area contributed by atoms with Crippen LogP contribution in [0.25, 0.3) is 0 Å².